The number of benzene rings is 1. The highest BCUT2D eigenvalue weighted by Crippen LogP contribution is 2.42. The van der Waals surface area contributed by atoms with Crippen molar-refractivity contribution in [3.8, 4) is 5.75 Å². The Morgan fingerprint density at radius 2 is 1.58 bits per heavy atom. The lowest BCUT2D eigenvalue weighted by Crippen LogP contribution is -2.30. The first kappa shape index (κ1) is 19.5. The molecular formula is C21H27F2O2Si. The normalized spacial score (nSPS) is 29.4. The predicted molar refractivity (Wildman–Crippen MR) is 98.2 cm³/mol. The number of hydrogen-bond acceptors (Lipinski definition) is 2. The molecule has 0 aliphatic heterocycles. The zero-order valence-corrected chi connectivity index (χ0v) is 16.4. The standard InChI is InChI=1S/C21H27F2O2Si/c1-13-2-11-18(20(23)19(13)22)25-21(24)17-9-7-16(8-10-17)15-5-3-14(12-26)4-6-15/h2,11,14-17H,3-10,12H2,1H3. The van der Waals surface area contributed by atoms with Crippen molar-refractivity contribution < 1.29 is 18.3 Å². The summed E-state index contributed by atoms with van der Waals surface area (Å²) in [4.78, 5) is 12.4. The van der Waals surface area contributed by atoms with E-state index in [4.69, 9.17) is 4.74 Å². The van der Waals surface area contributed by atoms with E-state index in [1.165, 1.54) is 44.7 Å². The molecule has 1 aromatic carbocycles. The van der Waals surface area contributed by atoms with Crippen molar-refractivity contribution in [3.63, 3.8) is 0 Å². The summed E-state index contributed by atoms with van der Waals surface area (Å²) in [5, 5.41) is 0. The molecule has 0 heterocycles. The number of rotatable bonds is 4. The Hall–Kier alpha value is -1.23. The largest absolute Gasteiger partial charge is 0.423 e. The van der Waals surface area contributed by atoms with Crippen LogP contribution in [-0.4, -0.2) is 16.2 Å². The minimum Gasteiger partial charge on any atom is -0.423 e. The summed E-state index contributed by atoms with van der Waals surface area (Å²) in [6.45, 7) is 1.48. The van der Waals surface area contributed by atoms with Gasteiger partial charge in [-0.2, -0.15) is 4.39 Å². The lowest BCUT2D eigenvalue weighted by atomic mass is 9.69. The highest BCUT2D eigenvalue weighted by atomic mass is 28.1. The van der Waals surface area contributed by atoms with Crippen LogP contribution in [0.15, 0.2) is 12.1 Å². The van der Waals surface area contributed by atoms with E-state index >= 15 is 0 Å². The van der Waals surface area contributed by atoms with Crippen LogP contribution in [0, 0.1) is 42.2 Å². The average molecular weight is 378 g/mol. The molecule has 2 saturated carbocycles. The van der Waals surface area contributed by atoms with Crippen molar-refractivity contribution in [1.29, 1.82) is 0 Å². The topological polar surface area (TPSA) is 26.3 Å². The fourth-order valence-corrected chi connectivity index (χ4v) is 5.00. The van der Waals surface area contributed by atoms with E-state index < -0.39 is 17.6 Å². The summed E-state index contributed by atoms with van der Waals surface area (Å²) < 4.78 is 32.7. The third-order valence-corrected chi connectivity index (χ3v) is 6.98. The highest BCUT2D eigenvalue weighted by Gasteiger charge is 2.33. The van der Waals surface area contributed by atoms with Crippen molar-refractivity contribution in [1.82, 2.24) is 0 Å². The first-order valence-corrected chi connectivity index (χ1v) is 10.5. The Morgan fingerprint density at radius 1 is 1.00 bits per heavy atom. The average Bonchev–Trinajstić information content (AvgIpc) is 2.68. The van der Waals surface area contributed by atoms with Gasteiger partial charge in [0.25, 0.3) is 0 Å². The Labute approximate surface area is 158 Å². The van der Waals surface area contributed by atoms with E-state index in [0.29, 0.717) is 5.92 Å². The Balaban J connectivity index is 1.50. The van der Waals surface area contributed by atoms with Crippen LogP contribution in [0.4, 0.5) is 8.78 Å². The lowest BCUT2D eigenvalue weighted by molar-refractivity contribution is -0.140. The third kappa shape index (κ3) is 4.36. The fraction of sp³-hybridized carbons (Fsp3) is 0.667. The van der Waals surface area contributed by atoms with E-state index in [1.54, 1.807) is 0 Å². The van der Waals surface area contributed by atoms with Gasteiger partial charge in [0.15, 0.2) is 11.6 Å². The molecule has 0 N–H and O–H groups in total. The Kier molecular flexibility index (Phi) is 6.49. The van der Waals surface area contributed by atoms with Gasteiger partial charge in [-0.05, 0) is 74.8 Å². The van der Waals surface area contributed by atoms with Gasteiger partial charge in [0.2, 0.25) is 5.82 Å². The number of carbonyl (C=O) groups excluding carboxylic acids is 1. The van der Waals surface area contributed by atoms with Crippen LogP contribution >= 0.6 is 0 Å². The first-order valence-electron chi connectivity index (χ1n) is 9.80. The lowest BCUT2D eigenvalue weighted by Gasteiger charge is -2.37. The third-order valence-electron chi connectivity index (χ3n) is 6.40. The molecule has 0 spiro atoms. The molecule has 0 amide bonds. The number of carbonyl (C=O) groups is 1. The molecule has 0 bridgehead atoms. The predicted octanol–water partition coefficient (Wildman–Crippen LogP) is 5.38. The van der Waals surface area contributed by atoms with Crippen LogP contribution in [0.1, 0.15) is 56.9 Å². The molecule has 0 saturated heterocycles. The van der Waals surface area contributed by atoms with Crippen molar-refractivity contribution in [2.24, 2.45) is 23.7 Å². The first-order chi connectivity index (χ1) is 12.5. The van der Waals surface area contributed by atoms with Crippen molar-refractivity contribution in [2.45, 2.75) is 64.3 Å². The number of esters is 1. The highest BCUT2D eigenvalue weighted by molar-refractivity contribution is 6.08. The number of hydrogen-bond donors (Lipinski definition) is 0. The van der Waals surface area contributed by atoms with Gasteiger partial charge < -0.3 is 4.74 Å². The molecule has 0 unspecified atom stereocenters. The second-order valence-corrected chi connectivity index (χ2v) is 8.43. The fourth-order valence-electron chi connectivity index (χ4n) is 4.59. The van der Waals surface area contributed by atoms with E-state index in [-0.39, 0.29) is 17.2 Å². The smallest absolute Gasteiger partial charge is 0.314 e. The van der Waals surface area contributed by atoms with Crippen LogP contribution in [0.5, 0.6) is 5.75 Å². The van der Waals surface area contributed by atoms with Gasteiger partial charge in [0, 0.05) is 10.2 Å². The van der Waals surface area contributed by atoms with Crippen LogP contribution in [0.25, 0.3) is 0 Å². The van der Waals surface area contributed by atoms with Crippen molar-refractivity contribution in [2.75, 3.05) is 0 Å². The maximum atomic E-state index is 13.9. The SMILES string of the molecule is Cc1ccc(OC(=O)C2CCC(C3CCC(C[Si])CC3)CC2)c(F)c1F. The molecule has 2 aliphatic rings. The van der Waals surface area contributed by atoms with Crippen molar-refractivity contribution in [3.05, 3.63) is 29.3 Å². The quantitative estimate of drug-likeness (QED) is 0.400. The van der Waals surface area contributed by atoms with Crippen molar-refractivity contribution >= 4 is 16.2 Å². The summed E-state index contributed by atoms with van der Waals surface area (Å²) in [6, 6.07) is 3.86. The van der Waals surface area contributed by atoms with Gasteiger partial charge in [-0.25, -0.2) is 4.39 Å². The molecule has 3 rings (SSSR count). The maximum absolute atomic E-state index is 13.9. The monoisotopic (exact) mass is 377 g/mol. The number of halogens is 2. The molecule has 2 aliphatic carbocycles. The summed E-state index contributed by atoms with van der Waals surface area (Å²) >= 11 is 0. The van der Waals surface area contributed by atoms with Crippen LogP contribution in [0.2, 0.25) is 6.04 Å². The Morgan fingerprint density at radius 3 is 2.15 bits per heavy atom. The molecule has 141 valence electrons. The zero-order chi connectivity index (χ0) is 18.7. The summed E-state index contributed by atoms with van der Waals surface area (Å²) in [6.07, 6.45) is 8.84. The van der Waals surface area contributed by atoms with Gasteiger partial charge in [0.1, 0.15) is 0 Å². The molecule has 26 heavy (non-hydrogen) atoms. The van der Waals surface area contributed by atoms with E-state index in [0.717, 1.165) is 43.6 Å². The molecule has 3 radical (unpaired) electrons. The summed E-state index contributed by atoms with van der Waals surface area (Å²) in [5.41, 5.74) is 0.206. The second-order valence-electron chi connectivity index (χ2n) is 8.03. The van der Waals surface area contributed by atoms with E-state index in [2.05, 4.69) is 10.2 Å². The second kappa shape index (κ2) is 8.64. The number of aryl methyl sites for hydroxylation is 1. The number of ether oxygens (including phenoxy) is 1. The van der Waals surface area contributed by atoms with Gasteiger partial charge >= 0.3 is 5.97 Å². The molecular weight excluding hydrogens is 350 g/mol. The molecule has 1 aromatic rings. The minimum atomic E-state index is -1.07. The van der Waals surface area contributed by atoms with Gasteiger partial charge in [-0.3, -0.25) is 4.79 Å². The molecule has 0 aromatic heterocycles. The minimum absolute atomic E-state index is 0.200. The van der Waals surface area contributed by atoms with Gasteiger partial charge in [0.05, 0.1) is 5.92 Å². The van der Waals surface area contributed by atoms with Crippen LogP contribution in [-0.2, 0) is 4.79 Å². The Bertz CT molecular complexity index is 633. The zero-order valence-electron chi connectivity index (χ0n) is 15.4. The van der Waals surface area contributed by atoms with E-state index in [1.807, 2.05) is 0 Å². The maximum Gasteiger partial charge on any atom is 0.314 e. The van der Waals surface area contributed by atoms with Crippen LogP contribution < -0.4 is 4.74 Å². The van der Waals surface area contributed by atoms with Crippen LogP contribution in [0.3, 0.4) is 0 Å². The van der Waals surface area contributed by atoms with Gasteiger partial charge in [-0.1, -0.05) is 25.0 Å². The molecule has 5 heteroatoms. The summed E-state index contributed by atoms with van der Waals surface area (Å²) in [7, 11) is 3.64. The van der Waals surface area contributed by atoms with E-state index in [9.17, 15) is 13.6 Å². The molecule has 0 atom stereocenters. The molecule has 2 fully saturated rings. The van der Waals surface area contributed by atoms with Gasteiger partial charge in [-0.15, -0.1) is 0 Å². The summed E-state index contributed by atoms with van der Waals surface area (Å²) in [5.74, 6) is -0.643. The molecule has 2 nitrogen and oxygen atoms in total.